The van der Waals surface area contributed by atoms with E-state index in [-0.39, 0.29) is 0 Å². The molecule has 0 aromatic heterocycles. The summed E-state index contributed by atoms with van der Waals surface area (Å²) < 4.78 is 0. The SMILES string of the molecule is c1ccc(NC23N=C(c4ccccc4)SC2(Nc2ccccc2)N=C(c2ccccc2)S3)cc1. The maximum atomic E-state index is 5.35. The van der Waals surface area contributed by atoms with Gasteiger partial charge in [0.2, 0.25) is 9.99 Å². The Morgan fingerprint density at radius 2 is 0.765 bits per heavy atom. The molecule has 0 bridgehead atoms. The Labute approximate surface area is 207 Å². The molecule has 4 aromatic rings. The molecule has 4 nitrogen and oxygen atoms in total. The molecule has 2 N–H and O–H groups in total. The van der Waals surface area contributed by atoms with Crippen LogP contribution in [0.3, 0.4) is 0 Å². The first kappa shape index (κ1) is 21.1. The fourth-order valence-electron chi connectivity index (χ4n) is 4.07. The lowest BCUT2D eigenvalue weighted by Crippen LogP contribution is -2.52. The van der Waals surface area contributed by atoms with Crippen molar-refractivity contribution in [2.24, 2.45) is 9.98 Å². The number of thioether (sulfide) groups is 2. The van der Waals surface area contributed by atoms with Gasteiger partial charge in [0.15, 0.2) is 0 Å². The summed E-state index contributed by atoms with van der Waals surface area (Å²) in [7, 11) is 0. The minimum Gasteiger partial charge on any atom is -0.348 e. The maximum Gasteiger partial charge on any atom is 0.239 e. The molecule has 0 aliphatic carbocycles. The summed E-state index contributed by atoms with van der Waals surface area (Å²) in [5, 5.41) is 9.42. The van der Waals surface area contributed by atoms with Gasteiger partial charge in [-0.05, 0) is 47.8 Å². The van der Waals surface area contributed by atoms with Crippen LogP contribution < -0.4 is 10.6 Å². The van der Waals surface area contributed by atoms with Crippen molar-refractivity contribution in [3.8, 4) is 0 Å². The van der Waals surface area contributed by atoms with Crippen LogP contribution in [0.25, 0.3) is 0 Å². The lowest BCUT2D eigenvalue weighted by atomic mass is 10.2. The summed E-state index contributed by atoms with van der Waals surface area (Å²) in [5.41, 5.74) is 4.17. The largest absolute Gasteiger partial charge is 0.348 e. The summed E-state index contributed by atoms with van der Waals surface area (Å²) in [5.74, 6) is 0. The molecular weight excluding hydrogens is 456 g/mol. The van der Waals surface area contributed by atoms with E-state index >= 15 is 0 Å². The first-order valence-corrected chi connectivity index (χ1v) is 12.7. The monoisotopic (exact) mass is 478 g/mol. The van der Waals surface area contributed by atoms with Gasteiger partial charge in [0, 0.05) is 22.5 Å². The second-order valence-electron chi connectivity index (χ2n) is 8.04. The Bertz CT molecular complexity index is 1240. The highest BCUT2D eigenvalue weighted by molar-refractivity contribution is 8.21. The van der Waals surface area contributed by atoms with Crippen molar-refractivity contribution in [1.29, 1.82) is 0 Å². The number of fused-ring (bicyclic) bond motifs is 1. The minimum atomic E-state index is -0.786. The van der Waals surface area contributed by atoms with Gasteiger partial charge in [0.1, 0.15) is 10.1 Å². The van der Waals surface area contributed by atoms with Crippen molar-refractivity contribution < 1.29 is 0 Å². The lowest BCUT2D eigenvalue weighted by molar-refractivity contribution is 0.563. The molecule has 0 fully saturated rings. The van der Waals surface area contributed by atoms with Crippen LogP contribution in [-0.4, -0.2) is 20.1 Å². The lowest BCUT2D eigenvalue weighted by Gasteiger charge is -2.36. The number of aliphatic imine (C=N–C) groups is 2. The molecule has 4 aromatic carbocycles. The van der Waals surface area contributed by atoms with E-state index < -0.39 is 9.99 Å². The number of nitrogens with one attached hydrogen (secondary N) is 2. The molecule has 0 saturated carbocycles. The zero-order chi connectivity index (χ0) is 22.8. The average molecular weight is 479 g/mol. The molecule has 6 heteroatoms. The molecule has 2 heterocycles. The van der Waals surface area contributed by atoms with Crippen LogP contribution in [0.4, 0.5) is 11.4 Å². The Balaban J connectivity index is 1.51. The normalized spacial score (nSPS) is 23.1. The van der Waals surface area contributed by atoms with Crippen LogP contribution in [0, 0.1) is 0 Å². The van der Waals surface area contributed by atoms with Gasteiger partial charge in [-0.15, -0.1) is 0 Å². The van der Waals surface area contributed by atoms with Crippen LogP contribution in [0.1, 0.15) is 11.1 Å². The zero-order valence-corrected chi connectivity index (χ0v) is 19.9. The standard InChI is InChI=1S/C28H22N4S2/c1-5-13-21(14-6-1)25-31-27(29-23-17-9-3-10-18-23)28(33-25,30-24-19-11-4-12-20-24)32-26(34-27)22-15-7-2-8-16-22/h1-20,29-30H. The molecule has 0 saturated heterocycles. The van der Waals surface area contributed by atoms with Gasteiger partial charge < -0.3 is 10.6 Å². The van der Waals surface area contributed by atoms with Crippen molar-refractivity contribution in [2.75, 3.05) is 10.6 Å². The maximum absolute atomic E-state index is 5.35. The number of para-hydroxylation sites is 2. The third-order valence-corrected chi connectivity index (χ3v) is 8.42. The highest BCUT2D eigenvalue weighted by Gasteiger charge is 2.64. The van der Waals surface area contributed by atoms with Crippen molar-refractivity contribution >= 4 is 45.0 Å². The number of anilines is 2. The van der Waals surface area contributed by atoms with Crippen LogP contribution in [0.2, 0.25) is 0 Å². The van der Waals surface area contributed by atoms with Crippen molar-refractivity contribution in [1.82, 2.24) is 0 Å². The molecular formula is C28H22N4S2. The van der Waals surface area contributed by atoms with E-state index in [1.165, 1.54) is 0 Å². The van der Waals surface area contributed by atoms with E-state index in [9.17, 15) is 0 Å². The molecule has 6 rings (SSSR count). The second-order valence-corrected chi connectivity index (χ2v) is 10.4. The fourth-order valence-corrected chi connectivity index (χ4v) is 6.95. The molecule has 2 aliphatic rings. The summed E-state index contributed by atoms with van der Waals surface area (Å²) in [6.45, 7) is 0. The van der Waals surface area contributed by atoms with Gasteiger partial charge in [-0.3, -0.25) is 0 Å². The van der Waals surface area contributed by atoms with Crippen LogP contribution in [0.15, 0.2) is 131 Å². The van der Waals surface area contributed by atoms with Gasteiger partial charge in [-0.2, -0.15) is 0 Å². The summed E-state index contributed by atoms with van der Waals surface area (Å²) in [6.07, 6.45) is 0. The molecule has 34 heavy (non-hydrogen) atoms. The Morgan fingerprint density at radius 1 is 0.441 bits per heavy atom. The number of hydrogen-bond acceptors (Lipinski definition) is 6. The van der Waals surface area contributed by atoms with Crippen LogP contribution in [-0.2, 0) is 0 Å². The smallest absolute Gasteiger partial charge is 0.239 e. The summed E-state index contributed by atoms with van der Waals surface area (Å²) >= 11 is 3.32. The third-order valence-electron chi connectivity index (χ3n) is 5.68. The molecule has 0 amide bonds. The number of benzene rings is 4. The fraction of sp³-hybridized carbons (Fsp3) is 0.0714. The van der Waals surface area contributed by atoms with E-state index in [1.807, 2.05) is 72.8 Å². The van der Waals surface area contributed by atoms with E-state index in [0.717, 1.165) is 32.6 Å². The van der Waals surface area contributed by atoms with Gasteiger partial charge >= 0.3 is 0 Å². The van der Waals surface area contributed by atoms with Gasteiger partial charge in [0.05, 0.1) is 0 Å². The average Bonchev–Trinajstić information content (AvgIpc) is 3.34. The summed E-state index contributed by atoms with van der Waals surface area (Å²) in [4.78, 5) is 9.12. The second kappa shape index (κ2) is 8.70. The number of nitrogens with zero attached hydrogens (tertiary/aromatic N) is 2. The summed E-state index contributed by atoms with van der Waals surface area (Å²) in [6, 6.07) is 41.1. The Kier molecular flexibility index (Phi) is 5.40. The van der Waals surface area contributed by atoms with E-state index in [0.29, 0.717) is 0 Å². The topological polar surface area (TPSA) is 48.8 Å². The molecule has 2 aliphatic heterocycles. The molecule has 2 unspecified atom stereocenters. The molecule has 2 atom stereocenters. The van der Waals surface area contributed by atoms with Gasteiger partial charge in [0.25, 0.3) is 0 Å². The third kappa shape index (κ3) is 3.79. The van der Waals surface area contributed by atoms with Gasteiger partial charge in [-0.25, -0.2) is 9.98 Å². The molecule has 0 radical (unpaired) electrons. The van der Waals surface area contributed by atoms with E-state index in [2.05, 4.69) is 59.2 Å². The number of hydrogen-bond donors (Lipinski definition) is 2. The minimum absolute atomic E-state index is 0.786. The highest BCUT2D eigenvalue weighted by atomic mass is 32.2. The predicted molar refractivity (Wildman–Crippen MR) is 147 cm³/mol. The first-order chi connectivity index (χ1) is 16.8. The van der Waals surface area contributed by atoms with Gasteiger partial charge in [-0.1, -0.05) is 97.1 Å². The van der Waals surface area contributed by atoms with E-state index in [1.54, 1.807) is 23.5 Å². The molecule has 166 valence electrons. The highest BCUT2D eigenvalue weighted by Crippen LogP contribution is 2.59. The quantitative estimate of drug-likeness (QED) is 0.316. The predicted octanol–water partition coefficient (Wildman–Crippen LogP) is 6.91. The Morgan fingerprint density at radius 3 is 1.12 bits per heavy atom. The number of rotatable bonds is 6. The van der Waals surface area contributed by atoms with Crippen molar-refractivity contribution in [2.45, 2.75) is 9.99 Å². The zero-order valence-electron chi connectivity index (χ0n) is 18.3. The van der Waals surface area contributed by atoms with Crippen LogP contribution >= 0.6 is 23.5 Å². The van der Waals surface area contributed by atoms with E-state index in [4.69, 9.17) is 9.98 Å². The molecule has 0 spiro atoms. The first-order valence-electron chi connectivity index (χ1n) is 11.1. The van der Waals surface area contributed by atoms with Crippen molar-refractivity contribution in [3.05, 3.63) is 132 Å². The van der Waals surface area contributed by atoms with Crippen LogP contribution in [0.5, 0.6) is 0 Å². The van der Waals surface area contributed by atoms with Crippen molar-refractivity contribution in [3.63, 3.8) is 0 Å². The Hall–Kier alpha value is -3.48.